The van der Waals surface area contributed by atoms with Crippen molar-refractivity contribution in [3.63, 3.8) is 0 Å². The van der Waals surface area contributed by atoms with Gasteiger partial charge in [0.05, 0.1) is 0 Å². The van der Waals surface area contributed by atoms with Gasteiger partial charge >= 0.3 is 6.18 Å². The van der Waals surface area contributed by atoms with E-state index in [2.05, 4.69) is 0 Å². The van der Waals surface area contributed by atoms with E-state index < -0.39 is 29.4 Å². The molecule has 0 amide bonds. The second-order valence-electron chi connectivity index (χ2n) is 4.43. The van der Waals surface area contributed by atoms with E-state index in [0.29, 0.717) is 0 Å². The minimum Gasteiger partial charge on any atom is -0.510 e. The summed E-state index contributed by atoms with van der Waals surface area (Å²) in [5.74, 6) is -6.36. The van der Waals surface area contributed by atoms with Crippen molar-refractivity contribution in [2.24, 2.45) is 5.92 Å². The maximum absolute atomic E-state index is 12.2. The molecule has 0 saturated heterocycles. The zero-order valence-electron chi connectivity index (χ0n) is 12.0. The SMILES string of the molecule is CC(=O)C(C(=O)C(F)(F)F)C(O)=C1C=CC=C1.[Fe].c1cc[cH-]c1. The van der Waals surface area contributed by atoms with Gasteiger partial charge in [-0.25, -0.2) is 12.1 Å². The molecule has 0 radical (unpaired) electrons. The minimum atomic E-state index is -5.16. The molecule has 0 fully saturated rings. The molecule has 0 heterocycles. The summed E-state index contributed by atoms with van der Waals surface area (Å²) in [6, 6.07) is 10.0. The van der Waals surface area contributed by atoms with E-state index in [1.807, 2.05) is 30.3 Å². The number of aliphatic hydroxyl groups excluding tert-OH is 1. The Morgan fingerprint density at radius 3 is 1.91 bits per heavy atom. The fraction of sp³-hybridized carbons (Fsp3) is 0.188. The molecular formula is C16H14F3FeO3-. The first-order valence-corrected chi connectivity index (χ1v) is 6.31. The number of carbonyl (C=O) groups is 2. The molecule has 0 spiro atoms. The summed E-state index contributed by atoms with van der Waals surface area (Å²) >= 11 is 0. The molecule has 0 aliphatic heterocycles. The molecule has 1 aromatic rings. The fourth-order valence-corrected chi connectivity index (χ4v) is 1.70. The molecule has 2 rings (SSSR count). The Hall–Kier alpha value is -1.98. The van der Waals surface area contributed by atoms with Gasteiger partial charge in [0, 0.05) is 22.6 Å². The van der Waals surface area contributed by atoms with Crippen molar-refractivity contribution in [3.8, 4) is 0 Å². The molecule has 0 bridgehead atoms. The van der Waals surface area contributed by atoms with Crippen molar-refractivity contribution in [2.45, 2.75) is 13.1 Å². The van der Waals surface area contributed by atoms with Gasteiger partial charge in [-0.1, -0.05) is 24.3 Å². The van der Waals surface area contributed by atoms with Gasteiger partial charge in [0.15, 0.2) is 0 Å². The number of hydrogen-bond acceptors (Lipinski definition) is 3. The van der Waals surface area contributed by atoms with Crippen LogP contribution in [0.15, 0.2) is 66.0 Å². The van der Waals surface area contributed by atoms with E-state index in [1.165, 1.54) is 24.3 Å². The summed E-state index contributed by atoms with van der Waals surface area (Å²) in [6.45, 7) is 0.827. The predicted octanol–water partition coefficient (Wildman–Crippen LogP) is 3.66. The topological polar surface area (TPSA) is 54.4 Å². The van der Waals surface area contributed by atoms with Crippen LogP contribution in [0, 0.1) is 5.92 Å². The van der Waals surface area contributed by atoms with Gasteiger partial charge in [-0.2, -0.15) is 31.4 Å². The number of allylic oxidation sites excluding steroid dienone is 6. The zero-order chi connectivity index (χ0) is 16.8. The quantitative estimate of drug-likeness (QED) is 0.384. The molecular weight excluding hydrogens is 353 g/mol. The van der Waals surface area contributed by atoms with Crippen LogP contribution >= 0.6 is 0 Å². The second-order valence-corrected chi connectivity index (χ2v) is 4.43. The predicted molar refractivity (Wildman–Crippen MR) is 75.2 cm³/mol. The van der Waals surface area contributed by atoms with Crippen LogP contribution in [-0.2, 0) is 26.7 Å². The van der Waals surface area contributed by atoms with Gasteiger partial charge in [-0.15, -0.1) is 0 Å². The smallest absolute Gasteiger partial charge is 0.451 e. The molecule has 7 heteroatoms. The summed E-state index contributed by atoms with van der Waals surface area (Å²) in [5, 5.41) is 9.55. The Bertz CT molecular complexity index is 580. The van der Waals surface area contributed by atoms with Crippen LogP contribution in [0.3, 0.4) is 0 Å². The number of rotatable bonds is 3. The van der Waals surface area contributed by atoms with Gasteiger partial charge in [-0.3, -0.25) is 9.59 Å². The maximum Gasteiger partial charge on any atom is 0.451 e. The van der Waals surface area contributed by atoms with Crippen LogP contribution in [0.5, 0.6) is 0 Å². The average molecular weight is 367 g/mol. The first kappa shape index (κ1) is 21.0. The molecule has 23 heavy (non-hydrogen) atoms. The van der Waals surface area contributed by atoms with E-state index in [0.717, 1.165) is 6.92 Å². The first-order chi connectivity index (χ1) is 10.2. The van der Waals surface area contributed by atoms with Crippen LogP contribution < -0.4 is 0 Å². The Labute approximate surface area is 142 Å². The normalized spacial score (nSPS) is 13.7. The van der Waals surface area contributed by atoms with Crippen LogP contribution in [-0.4, -0.2) is 22.8 Å². The van der Waals surface area contributed by atoms with Gasteiger partial charge in [-0.05, 0) is 6.92 Å². The summed E-state index contributed by atoms with van der Waals surface area (Å²) in [7, 11) is 0. The van der Waals surface area contributed by atoms with E-state index in [9.17, 15) is 27.9 Å². The van der Waals surface area contributed by atoms with Crippen molar-refractivity contribution in [1.29, 1.82) is 0 Å². The third kappa shape index (κ3) is 6.34. The monoisotopic (exact) mass is 367 g/mol. The Morgan fingerprint density at radius 1 is 1.13 bits per heavy atom. The number of Topliss-reactive ketones (excluding diaryl/α,β-unsaturated/α-hetero) is 2. The van der Waals surface area contributed by atoms with Crippen LogP contribution in [0.4, 0.5) is 13.2 Å². The molecule has 1 aliphatic rings. The molecule has 3 nitrogen and oxygen atoms in total. The number of ketones is 2. The van der Waals surface area contributed by atoms with Crippen molar-refractivity contribution < 1.29 is 44.9 Å². The van der Waals surface area contributed by atoms with Crippen LogP contribution in [0.2, 0.25) is 0 Å². The number of aliphatic hydroxyl groups is 1. The average Bonchev–Trinajstić information content (AvgIpc) is 3.13. The number of halogens is 3. The molecule has 0 saturated carbocycles. The molecule has 1 aliphatic carbocycles. The van der Waals surface area contributed by atoms with Crippen LogP contribution in [0.1, 0.15) is 6.92 Å². The summed E-state index contributed by atoms with van der Waals surface area (Å²) in [6.07, 6.45) is 0.419. The molecule has 1 N–H and O–H groups in total. The molecule has 1 atom stereocenters. The van der Waals surface area contributed by atoms with Gasteiger partial charge in [0.2, 0.25) is 0 Å². The molecule has 1 aromatic carbocycles. The Kier molecular flexibility index (Phi) is 8.43. The van der Waals surface area contributed by atoms with Crippen molar-refractivity contribution in [3.05, 3.63) is 66.0 Å². The van der Waals surface area contributed by atoms with Crippen LogP contribution in [0.25, 0.3) is 0 Å². The van der Waals surface area contributed by atoms with Crippen molar-refractivity contribution in [2.75, 3.05) is 0 Å². The Morgan fingerprint density at radius 2 is 1.61 bits per heavy atom. The second kappa shape index (κ2) is 9.22. The van der Waals surface area contributed by atoms with E-state index in [-0.39, 0.29) is 22.6 Å². The van der Waals surface area contributed by atoms with E-state index in [4.69, 9.17) is 0 Å². The summed E-state index contributed by atoms with van der Waals surface area (Å²) in [4.78, 5) is 22.1. The number of hydrogen-bond donors (Lipinski definition) is 1. The summed E-state index contributed by atoms with van der Waals surface area (Å²) < 4.78 is 36.7. The van der Waals surface area contributed by atoms with Gasteiger partial charge in [0.25, 0.3) is 5.78 Å². The number of alkyl halides is 3. The third-order valence-electron chi connectivity index (χ3n) is 2.74. The number of carbonyl (C=O) groups excluding carboxylic acids is 2. The Balaban J connectivity index is 0.000000684. The van der Waals surface area contributed by atoms with Crippen molar-refractivity contribution >= 4 is 11.6 Å². The zero-order valence-corrected chi connectivity index (χ0v) is 13.1. The summed E-state index contributed by atoms with van der Waals surface area (Å²) in [5.41, 5.74) is 0.0304. The van der Waals surface area contributed by atoms with Crippen molar-refractivity contribution in [1.82, 2.24) is 0 Å². The fourth-order valence-electron chi connectivity index (χ4n) is 1.70. The largest absolute Gasteiger partial charge is 0.510 e. The van der Waals surface area contributed by atoms with E-state index in [1.54, 1.807) is 0 Å². The molecule has 1 unspecified atom stereocenters. The molecule has 0 aromatic heterocycles. The standard InChI is InChI=1S/C11H9F3O3.C5H5.Fe/c1-6(15)8(10(17)11(12,13)14)9(16)7-4-2-3-5-7;1-2-4-5-3-1;/h2-5,8,16H,1H3;1-5H;/q;-1;. The third-order valence-corrected chi connectivity index (χ3v) is 2.74. The minimum absolute atomic E-state index is 0. The maximum atomic E-state index is 12.2. The molecule has 126 valence electrons. The van der Waals surface area contributed by atoms with Gasteiger partial charge in [0.1, 0.15) is 17.5 Å². The van der Waals surface area contributed by atoms with E-state index >= 15 is 0 Å². The first-order valence-electron chi connectivity index (χ1n) is 6.31. The van der Waals surface area contributed by atoms with Gasteiger partial charge < -0.3 is 5.11 Å².